The van der Waals surface area contributed by atoms with Gasteiger partial charge in [-0.3, -0.25) is 14.4 Å². The van der Waals surface area contributed by atoms with Gasteiger partial charge in [0.1, 0.15) is 5.56 Å². The van der Waals surface area contributed by atoms with Crippen LogP contribution in [0.2, 0.25) is 5.02 Å². The molecule has 7 nitrogen and oxygen atoms in total. The lowest BCUT2D eigenvalue weighted by atomic mass is 9.75. The molecular weight excluding hydrogens is 408 g/mol. The lowest BCUT2D eigenvalue weighted by molar-refractivity contribution is 0.0910. The van der Waals surface area contributed by atoms with Crippen molar-refractivity contribution in [1.29, 1.82) is 0 Å². The molecule has 8 heteroatoms. The van der Waals surface area contributed by atoms with Crippen LogP contribution in [0.3, 0.4) is 0 Å². The summed E-state index contributed by atoms with van der Waals surface area (Å²) in [6.45, 7) is 6.35. The van der Waals surface area contributed by atoms with Crippen molar-refractivity contribution in [3.05, 3.63) is 56.0 Å². The van der Waals surface area contributed by atoms with Crippen molar-refractivity contribution in [3.63, 3.8) is 0 Å². The van der Waals surface area contributed by atoms with Gasteiger partial charge < -0.3 is 19.8 Å². The maximum Gasteiger partial charge on any atom is 0.261 e. The van der Waals surface area contributed by atoms with Gasteiger partial charge in [0.25, 0.3) is 11.5 Å². The Balaban J connectivity index is 1.81. The number of fused-ring (bicyclic) bond motifs is 1. The highest BCUT2D eigenvalue weighted by Crippen LogP contribution is 2.36. The minimum Gasteiger partial charge on any atom is -0.493 e. The fourth-order valence-electron chi connectivity index (χ4n) is 3.63. The first-order valence-corrected chi connectivity index (χ1v) is 10.1. The lowest BCUT2D eigenvalue weighted by Gasteiger charge is -2.29. The van der Waals surface area contributed by atoms with Crippen molar-refractivity contribution >= 4 is 23.3 Å². The van der Waals surface area contributed by atoms with Gasteiger partial charge in [0, 0.05) is 24.2 Å². The molecule has 1 aromatic carbocycles. The number of carbonyl (C=O) groups excluding carboxylic acids is 2. The number of aromatic nitrogens is 1. The van der Waals surface area contributed by atoms with E-state index in [0.29, 0.717) is 52.8 Å². The third kappa shape index (κ3) is 4.51. The fourth-order valence-corrected chi connectivity index (χ4v) is 3.92. The minimum atomic E-state index is -0.569. The number of amides is 1. The summed E-state index contributed by atoms with van der Waals surface area (Å²) in [4.78, 5) is 40.3. The van der Waals surface area contributed by atoms with E-state index in [-0.39, 0.29) is 23.3 Å². The number of rotatable bonds is 6. The highest BCUT2D eigenvalue weighted by molar-refractivity contribution is 6.32. The zero-order valence-corrected chi connectivity index (χ0v) is 18.2. The molecule has 3 rings (SSSR count). The number of hydrogen-bond donors (Lipinski definition) is 2. The number of pyridine rings is 1. The van der Waals surface area contributed by atoms with E-state index < -0.39 is 11.5 Å². The molecule has 1 amide bonds. The molecule has 160 valence electrons. The number of aromatic amines is 1. The Labute approximate surface area is 179 Å². The summed E-state index contributed by atoms with van der Waals surface area (Å²) in [7, 11) is 1.50. The van der Waals surface area contributed by atoms with Crippen LogP contribution in [0.4, 0.5) is 0 Å². The third-order valence-electron chi connectivity index (χ3n) is 4.99. The Morgan fingerprint density at radius 2 is 1.97 bits per heavy atom. The van der Waals surface area contributed by atoms with Crippen LogP contribution in [0, 0.1) is 5.41 Å². The van der Waals surface area contributed by atoms with E-state index in [0.717, 1.165) is 0 Å². The molecule has 0 spiro atoms. The van der Waals surface area contributed by atoms with Crippen LogP contribution in [0.25, 0.3) is 0 Å². The molecule has 2 N–H and O–H groups in total. The number of methoxy groups -OCH3 is 1. The van der Waals surface area contributed by atoms with Crippen molar-refractivity contribution in [3.8, 4) is 11.5 Å². The first-order valence-electron chi connectivity index (χ1n) is 9.72. The molecule has 0 radical (unpaired) electrons. The van der Waals surface area contributed by atoms with Gasteiger partial charge in [-0.05, 0) is 42.5 Å². The van der Waals surface area contributed by atoms with Crippen LogP contribution in [0.5, 0.6) is 11.5 Å². The Bertz CT molecular complexity index is 1060. The van der Waals surface area contributed by atoms with E-state index in [1.165, 1.54) is 13.2 Å². The Morgan fingerprint density at radius 1 is 1.23 bits per heavy atom. The average molecular weight is 433 g/mol. The Kier molecular flexibility index (Phi) is 6.22. The largest absolute Gasteiger partial charge is 0.493 e. The third-order valence-corrected chi connectivity index (χ3v) is 5.27. The standard InChI is InChI=1S/C22H25ClN2O5/c1-5-30-19-15(23)6-12(7-18(19)29-4)11-24-20(27)14-8-13-16(25-21(14)28)9-22(2,3)10-17(13)26/h6-8H,5,9-11H2,1-4H3,(H,24,27)(H,25,28). The van der Waals surface area contributed by atoms with E-state index in [9.17, 15) is 14.4 Å². The SMILES string of the molecule is CCOc1c(Cl)cc(CNC(=O)c2cc3c([nH]c2=O)CC(C)(C)CC3=O)cc1OC. The van der Waals surface area contributed by atoms with Crippen LogP contribution in [0.15, 0.2) is 23.0 Å². The number of ether oxygens (including phenoxy) is 2. The maximum atomic E-state index is 12.6. The summed E-state index contributed by atoms with van der Waals surface area (Å²) in [6, 6.07) is 4.77. The fraction of sp³-hybridized carbons (Fsp3) is 0.409. The van der Waals surface area contributed by atoms with Crippen LogP contribution >= 0.6 is 11.6 Å². The monoisotopic (exact) mass is 432 g/mol. The maximum absolute atomic E-state index is 12.6. The summed E-state index contributed by atoms with van der Waals surface area (Å²) in [5.74, 6) is 0.244. The van der Waals surface area contributed by atoms with Crippen LogP contribution < -0.4 is 20.3 Å². The normalized spacial score (nSPS) is 14.8. The Morgan fingerprint density at radius 3 is 2.63 bits per heavy atom. The molecule has 1 heterocycles. The van der Waals surface area contributed by atoms with Crippen molar-refractivity contribution in [2.45, 2.75) is 40.2 Å². The van der Waals surface area contributed by atoms with Crippen LogP contribution in [0.1, 0.15) is 59.2 Å². The molecule has 1 aromatic heterocycles. The molecule has 0 unspecified atom stereocenters. The molecule has 0 aliphatic heterocycles. The van der Waals surface area contributed by atoms with Gasteiger partial charge in [-0.15, -0.1) is 0 Å². The molecule has 1 aliphatic rings. The molecule has 0 saturated heterocycles. The van der Waals surface area contributed by atoms with Gasteiger partial charge in [0.15, 0.2) is 17.3 Å². The second-order valence-electron chi connectivity index (χ2n) is 8.07. The minimum absolute atomic E-state index is 0.0745. The van der Waals surface area contributed by atoms with Gasteiger partial charge in [-0.25, -0.2) is 0 Å². The number of carbonyl (C=O) groups is 2. The van der Waals surface area contributed by atoms with Crippen molar-refractivity contribution in [2.75, 3.05) is 13.7 Å². The van der Waals surface area contributed by atoms with Gasteiger partial charge >= 0.3 is 0 Å². The van der Waals surface area contributed by atoms with Gasteiger partial charge in [0.2, 0.25) is 0 Å². The van der Waals surface area contributed by atoms with Crippen LogP contribution in [-0.4, -0.2) is 30.4 Å². The lowest BCUT2D eigenvalue weighted by Crippen LogP contribution is -2.34. The number of H-pyrrole nitrogens is 1. The predicted octanol–water partition coefficient (Wildman–Crippen LogP) is 3.52. The first kappa shape index (κ1) is 21.9. The number of hydrogen-bond acceptors (Lipinski definition) is 5. The molecule has 0 fully saturated rings. The predicted molar refractivity (Wildman–Crippen MR) is 114 cm³/mol. The summed E-state index contributed by atoms with van der Waals surface area (Å²) in [6.07, 6.45) is 0.952. The van der Waals surface area contributed by atoms with Crippen molar-refractivity contribution < 1.29 is 19.1 Å². The number of ketones is 1. The molecule has 2 aromatic rings. The van der Waals surface area contributed by atoms with E-state index in [1.54, 1.807) is 12.1 Å². The first-order chi connectivity index (χ1) is 14.1. The number of halogens is 1. The molecule has 0 atom stereocenters. The van der Waals surface area contributed by atoms with E-state index in [2.05, 4.69) is 10.3 Å². The van der Waals surface area contributed by atoms with Crippen molar-refractivity contribution in [2.24, 2.45) is 5.41 Å². The highest BCUT2D eigenvalue weighted by atomic mass is 35.5. The van der Waals surface area contributed by atoms with E-state index in [1.807, 2.05) is 20.8 Å². The second-order valence-corrected chi connectivity index (χ2v) is 8.48. The van der Waals surface area contributed by atoms with Gasteiger partial charge in [-0.1, -0.05) is 25.4 Å². The zero-order valence-electron chi connectivity index (χ0n) is 17.5. The van der Waals surface area contributed by atoms with Gasteiger partial charge in [0.05, 0.1) is 18.7 Å². The van der Waals surface area contributed by atoms with Crippen molar-refractivity contribution in [1.82, 2.24) is 10.3 Å². The topological polar surface area (TPSA) is 97.5 Å². The second kappa shape index (κ2) is 8.52. The summed E-state index contributed by atoms with van der Waals surface area (Å²) in [5, 5.41) is 3.06. The zero-order chi connectivity index (χ0) is 22.1. The quantitative estimate of drug-likeness (QED) is 0.727. The number of Topliss-reactive ketones (excluding diaryl/α,β-unsaturated/α-hetero) is 1. The molecule has 1 aliphatic carbocycles. The van der Waals surface area contributed by atoms with Crippen LogP contribution in [-0.2, 0) is 13.0 Å². The van der Waals surface area contributed by atoms with Gasteiger partial charge in [-0.2, -0.15) is 0 Å². The molecule has 0 saturated carbocycles. The molecular formula is C22H25ClN2O5. The average Bonchev–Trinajstić information content (AvgIpc) is 2.66. The highest BCUT2D eigenvalue weighted by Gasteiger charge is 2.32. The number of nitrogens with one attached hydrogen (secondary N) is 2. The smallest absolute Gasteiger partial charge is 0.261 e. The van der Waals surface area contributed by atoms with E-state index in [4.69, 9.17) is 21.1 Å². The van der Waals surface area contributed by atoms with E-state index >= 15 is 0 Å². The summed E-state index contributed by atoms with van der Waals surface area (Å²) >= 11 is 6.26. The molecule has 0 bridgehead atoms. The summed E-state index contributed by atoms with van der Waals surface area (Å²) in [5.41, 5.74) is 0.847. The summed E-state index contributed by atoms with van der Waals surface area (Å²) < 4.78 is 10.8. The number of benzene rings is 1. The molecule has 30 heavy (non-hydrogen) atoms. The Hall–Kier alpha value is -2.80.